The highest BCUT2D eigenvalue weighted by molar-refractivity contribution is 6.07. The maximum Gasteiger partial charge on any atom is -0.0132 e. The molecule has 0 bridgehead atoms. The molecule has 0 spiro atoms. The molecule has 0 radical (unpaired) electrons. The van der Waals surface area contributed by atoms with Gasteiger partial charge >= 0.3 is 0 Å². The smallest absolute Gasteiger partial charge is 0.0132 e. The summed E-state index contributed by atoms with van der Waals surface area (Å²) < 4.78 is 0. The van der Waals surface area contributed by atoms with Crippen LogP contribution in [0.4, 0.5) is 0 Å². The lowest BCUT2D eigenvalue weighted by Gasteiger charge is -2.19. The Morgan fingerprint density at radius 3 is 2.11 bits per heavy atom. The summed E-state index contributed by atoms with van der Waals surface area (Å²) in [4.78, 5) is 4.68. The molecule has 0 atom stereocenters. The lowest BCUT2D eigenvalue weighted by Crippen LogP contribution is -2.10. The van der Waals surface area contributed by atoms with Crippen molar-refractivity contribution in [2.45, 2.75) is 33.1 Å². The average molecular weight is 236 g/mol. The number of hydrogen-bond acceptors (Lipinski definition) is 0. The first-order valence-corrected chi connectivity index (χ1v) is 6.42. The van der Waals surface area contributed by atoms with Gasteiger partial charge in [0.15, 0.2) is 0 Å². The van der Waals surface area contributed by atoms with Crippen molar-refractivity contribution in [3.05, 3.63) is 47.5 Å². The first-order chi connectivity index (χ1) is 8.45. The Labute approximate surface area is 108 Å². The second-order valence-electron chi connectivity index (χ2n) is 6.11. The molecule has 0 saturated carbocycles. The molecular weight excluding hydrogens is 218 g/mol. The largest absolute Gasteiger partial charge is 0.657 e. The van der Waals surface area contributed by atoms with Gasteiger partial charge in [-0.1, -0.05) is 62.7 Å². The van der Waals surface area contributed by atoms with Gasteiger partial charge in [0.1, 0.15) is 0 Å². The zero-order valence-corrected chi connectivity index (χ0v) is 11.4. The van der Waals surface area contributed by atoms with Crippen molar-refractivity contribution in [3.63, 3.8) is 0 Å². The van der Waals surface area contributed by atoms with Crippen LogP contribution in [0.1, 0.15) is 31.9 Å². The molecule has 0 saturated heterocycles. The highest BCUT2D eigenvalue weighted by Crippen LogP contribution is 2.30. The Hall–Kier alpha value is -1.76. The van der Waals surface area contributed by atoms with Gasteiger partial charge in [0.2, 0.25) is 0 Å². The fraction of sp³-hybridized carbons (Fsp3) is 0.294. The summed E-state index contributed by atoms with van der Waals surface area (Å²) in [6, 6.07) is 13.1. The standard InChI is InChI=1S/C17H18N/c1-11-5-7-15-13(9-11)14-10-12(17(2,3)4)6-8-16(14)18-15/h5-10H,1-4H3/q-1. The maximum atomic E-state index is 4.68. The molecule has 1 aromatic heterocycles. The van der Waals surface area contributed by atoms with Gasteiger partial charge in [-0.15, -0.1) is 11.0 Å². The van der Waals surface area contributed by atoms with E-state index in [-0.39, 0.29) is 5.41 Å². The third-order valence-corrected chi connectivity index (χ3v) is 3.55. The summed E-state index contributed by atoms with van der Waals surface area (Å²) in [5, 5.41) is 2.55. The summed E-state index contributed by atoms with van der Waals surface area (Å²) in [5.41, 5.74) is 5.04. The van der Waals surface area contributed by atoms with E-state index in [9.17, 15) is 0 Å². The summed E-state index contributed by atoms with van der Waals surface area (Å²) >= 11 is 0. The number of hydrogen-bond donors (Lipinski definition) is 0. The molecule has 92 valence electrons. The number of fused-ring (bicyclic) bond motifs is 3. The van der Waals surface area contributed by atoms with Gasteiger partial charge in [-0.25, -0.2) is 0 Å². The molecule has 18 heavy (non-hydrogen) atoms. The van der Waals surface area contributed by atoms with E-state index >= 15 is 0 Å². The van der Waals surface area contributed by atoms with Crippen LogP contribution in [0.25, 0.3) is 21.8 Å². The molecule has 0 N–H and O–H groups in total. The van der Waals surface area contributed by atoms with E-state index < -0.39 is 0 Å². The first-order valence-electron chi connectivity index (χ1n) is 6.42. The summed E-state index contributed by atoms with van der Waals surface area (Å²) in [6.45, 7) is 8.87. The van der Waals surface area contributed by atoms with E-state index in [1.807, 2.05) is 0 Å². The van der Waals surface area contributed by atoms with E-state index in [1.165, 1.54) is 21.9 Å². The first kappa shape index (κ1) is 11.3. The van der Waals surface area contributed by atoms with Gasteiger partial charge < -0.3 is 4.98 Å². The van der Waals surface area contributed by atoms with Crippen molar-refractivity contribution < 1.29 is 0 Å². The quantitative estimate of drug-likeness (QED) is 0.558. The highest BCUT2D eigenvalue weighted by atomic mass is 14.7. The third-order valence-electron chi connectivity index (χ3n) is 3.55. The monoisotopic (exact) mass is 236 g/mol. The van der Waals surface area contributed by atoms with Crippen molar-refractivity contribution in [3.8, 4) is 0 Å². The number of rotatable bonds is 0. The predicted molar refractivity (Wildman–Crippen MR) is 78.2 cm³/mol. The van der Waals surface area contributed by atoms with Crippen molar-refractivity contribution in [1.29, 1.82) is 0 Å². The van der Waals surface area contributed by atoms with E-state index in [1.54, 1.807) is 0 Å². The fourth-order valence-electron chi connectivity index (χ4n) is 2.41. The van der Waals surface area contributed by atoms with Crippen LogP contribution in [-0.4, -0.2) is 0 Å². The van der Waals surface area contributed by atoms with Crippen LogP contribution in [0.3, 0.4) is 0 Å². The van der Waals surface area contributed by atoms with Gasteiger partial charge in [0.05, 0.1) is 0 Å². The minimum Gasteiger partial charge on any atom is -0.657 e. The van der Waals surface area contributed by atoms with Crippen molar-refractivity contribution in [1.82, 2.24) is 4.98 Å². The van der Waals surface area contributed by atoms with Crippen LogP contribution in [0, 0.1) is 6.92 Å². The minimum absolute atomic E-state index is 0.182. The summed E-state index contributed by atoms with van der Waals surface area (Å²) in [6.07, 6.45) is 0. The van der Waals surface area contributed by atoms with Gasteiger partial charge in [-0.3, -0.25) is 0 Å². The van der Waals surface area contributed by atoms with Crippen LogP contribution >= 0.6 is 0 Å². The summed E-state index contributed by atoms with van der Waals surface area (Å²) in [5.74, 6) is 0. The maximum absolute atomic E-state index is 4.68. The SMILES string of the molecule is Cc1ccc2[n-]c3ccc(C(C)(C)C)cc3c2c1. The molecule has 3 rings (SSSR count). The van der Waals surface area contributed by atoms with Crippen LogP contribution in [0.5, 0.6) is 0 Å². The van der Waals surface area contributed by atoms with Gasteiger partial charge in [-0.2, -0.15) is 0 Å². The minimum atomic E-state index is 0.182. The molecule has 2 aromatic carbocycles. The van der Waals surface area contributed by atoms with Gasteiger partial charge in [0, 0.05) is 0 Å². The van der Waals surface area contributed by atoms with Crippen molar-refractivity contribution in [2.75, 3.05) is 0 Å². The third kappa shape index (κ3) is 1.71. The Balaban J connectivity index is 2.38. The molecule has 0 unspecified atom stereocenters. The lowest BCUT2D eigenvalue weighted by molar-refractivity contribution is 0.591. The Bertz CT molecular complexity index is 726. The van der Waals surface area contributed by atoms with Crippen LogP contribution in [0.15, 0.2) is 36.4 Å². The Kier molecular flexibility index (Phi) is 2.28. The second kappa shape index (κ2) is 3.61. The average Bonchev–Trinajstić information content (AvgIpc) is 2.65. The number of aromatic nitrogens is 1. The molecular formula is C17H18N-. The number of nitrogens with zero attached hydrogens (tertiary/aromatic N) is 1. The van der Waals surface area contributed by atoms with Crippen molar-refractivity contribution in [2.24, 2.45) is 0 Å². The van der Waals surface area contributed by atoms with E-state index in [4.69, 9.17) is 0 Å². The number of aryl methyl sites for hydroxylation is 1. The molecule has 0 aliphatic rings. The zero-order chi connectivity index (χ0) is 12.9. The zero-order valence-electron chi connectivity index (χ0n) is 11.4. The van der Waals surface area contributed by atoms with Crippen LogP contribution in [0.2, 0.25) is 0 Å². The van der Waals surface area contributed by atoms with E-state index in [2.05, 4.69) is 69.1 Å². The molecule has 1 nitrogen and oxygen atoms in total. The Morgan fingerprint density at radius 1 is 0.833 bits per heavy atom. The fourth-order valence-corrected chi connectivity index (χ4v) is 2.41. The molecule has 0 aliphatic heterocycles. The summed E-state index contributed by atoms with van der Waals surface area (Å²) in [7, 11) is 0. The number of benzene rings is 2. The Morgan fingerprint density at radius 2 is 1.44 bits per heavy atom. The predicted octanol–water partition coefficient (Wildman–Crippen LogP) is 4.56. The van der Waals surface area contributed by atoms with E-state index in [0.717, 1.165) is 11.0 Å². The molecule has 0 aliphatic carbocycles. The van der Waals surface area contributed by atoms with Gasteiger partial charge in [0.25, 0.3) is 0 Å². The van der Waals surface area contributed by atoms with Crippen LogP contribution < -0.4 is 4.98 Å². The topological polar surface area (TPSA) is 14.1 Å². The molecule has 1 heterocycles. The van der Waals surface area contributed by atoms with Crippen LogP contribution in [-0.2, 0) is 5.41 Å². The normalized spacial score (nSPS) is 12.4. The lowest BCUT2D eigenvalue weighted by atomic mass is 9.86. The van der Waals surface area contributed by atoms with E-state index in [0.29, 0.717) is 0 Å². The molecule has 1 heteroatoms. The molecule has 0 amide bonds. The molecule has 0 fully saturated rings. The molecule has 3 aromatic rings. The highest BCUT2D eigenvalue weighted by Gasteiger charge is 2.13. The van der Waals surface area contributed by atoms with Gasteiger partial charge in [-0.05, 0) is 28.7 Å². The second-order valence-corrected chi connectivity index (χ2v) is 6.11. The van der Waals surface area contributed by atoms with Crippen molar-refractivity contribution >= 4 is 21.8 Å².